The fraction of sp³-hybridized carbons (Fsp3) is 0.167. The van der Waals surface area contributed by atoms with Gasteiger partial charge in [-0.15, -0.1) is 0 Å². The van der Waals surface area contributed by atoms with Gasteiger partial charge in [0, 0.05) is 22.6 Å². The molecule has 1 atom stereocenters. The zero-order chi connectivity index (χ0) is 29.6. The van der Waals surface area contributed by atoms with Crippen LogP contribution < -0.4 is 10.6 Å². The highest BCUT2D eigenvalue weighted by molar-refractivity contribution is 5.72. The molecule has 0 saturated carbocycles. The largest absolute Gasteiger partial charge is 0.323 e. The second-order valence-corrected chi connectivity index (χ2v) is 10.7. The summed E-state index contributed by atoms with van der Waals surface area (Å²) in [5.41, 5.74) is 4.61. The van der Waals surface area contributed by atoms with Gasteiger partial charge in [-0.1, -0.05) is 115 Å². The molecule has 0 bridgehead atoms. The zero-order valence-electron chi connectivity index (χ0n) is 24.3. The third kappa shape index (κ3) is 6.29. The van der Waals surface area contributed by atoms with Gasteiger partial charge in [0.05, 0.1) is 11.4 Å². The van der Waals surface area contributed by atoms with E-state index in [1.165, 1.54) is 0 Å². The van der Waals surface area contributed by atoms with Crippen LogP contribution in [0.3, 0.4) is 0 Å². The second kappa shape index (κ2) is 12.8. The highest BCUT2D eigenvalue weighted by Gasteiger charge is 2.19. The molecule has 2 aromatic carbocycles. The number of aromatic nitrogens is 6. The van der Waals surface area contributed by atoms with Crippen molar-refractivity contribution >= 4 is 17.5 Å². The van der Waals surface area contributed by atoms with Gasteiger partial charge < -0.3 is 10.6 Å². The first-order valence-electron chi connectivity index (χ1n) is 15.1. The third-order valence-corrected chi connectivity index (χ3v) is 7.56. The minimum atomic E-state index is 0.0858. The van der Waals surface area contributed by atoms with E-state index in [2.05, 4.69) is 59.2 Å². The Labute approximate surface area is 256 Å². The molecule has 8 heteroatoms. The molecule has 0 saturated heterocycles. The van der Waals surface area contributed by atoms with Crippen LogP contribution in [0.4, 0.5) is 11.9 Å². The Bertz CT molecular complexity index is 1830. The number of rotatable bonds is 8. The summed E-state index contributed by atoms with van der Waals surface area (Å²) in [6.45, 7) is 0. The van der Waals surface area contributed by atoms with Crippen molar-refractivity contribution in [2.24, 2.45) is 0 Å². The lowest BCUT2D eigenvalue weighted by molar-refractivity contribution is 0.763. The van der Waals surface area contributed by atoms with Gasteiger partial charge in [0.15, 0.2) is 17.5 Å². The average molecular weight is 577 g/mol. The van der Waals surface area contributed by atoms with E-state index < -0.39 is 0 Å². The van der Waals surface area contributed by atoms with E-state index in [0.29, 0.717) is 29.4 Å². The summed E-state index contributed by atoms with van der Waals surface area (Å²) in [6, 6.07) is 20.0. The Morgan fingerprint density at radius 3 is 1.77 bits per heavy atom. The molecule has 4 aromatic rings. The molecule has 7 rings (SSSR count). The van der Waals surface area contributed by atoms with Crippen LogP contribution in [0, 0.1) is 0 Å². The molecule has 0 spiro atoms. The highest BCUT2D eigenvalue weighted by atomic mass is 15.2. The summed E-state index contributed by atoms with van der Waals surface area (Å²) in [5, 5.41) is 6.99. The fourth-order valence-electron chi connectivity index (χ4n) is 5.31. The Morgan fingerprint density at radius 1 is 0.545 bits per heavy atom. The van der Waals surface area contributed by atoms with Gasteiger partial charge in [-0.25, -0.2) is 9.97 Å². The minimum absolute atomic E-state index is 0.0858. The summed E-state index contributed by atoms with van der Waals surface area (Å²) >= 11 is 0. The topological polar surface area (TPSA) is 101 Å². The maximum absolute atomic E-state index is 4.88. The van der Waals surface area contributed by atoms with E-state index in [1.54, 1.807) is 0 Å². The van der Waals surface area contributed by atoms with E-state index in [-0.39, 0.29) is 5.92 Å². The van der Waals surface area contributed by atoms with Crippen LogP contribution >= 0.6 is 0 Å². The lowest BCUT2D eigenvalue weighted by Crippen LogP contribution is -2.17. The Morgan fingerprint density at radius 2 is 1.16 bits per heavy atom. The molecule has 0 amide bonds. The first-order valence-corrected chi connectivity index (χ1v) is 15.1. The Hall–Kier alpha value is -5.50. The van der Waals surface area contributed by atoms with Crippen molar-refractivity contribution in [2.75, 3.05) is 10.6 Å². The van der Waals surface area contributed by atoms with Crippen LogP contribution in [0.2, 0.25) is 0 Å². The van der Waals surface area contributed by atoms with Gasteiger partial charge in [-0.05, 0) is 32.1 Å². The van der Waals surface area contributed by atoms with Gasteiger partial charge in [0.2, 0.25) is 11.9 Å². The smallest absolute Gasteiger partial charge is 0.231 e. The first-order chi connectivity index (χ1) is 21.8. The Balaban J connectivity index is 1.21. The fourth-order valence-corrected chi connectivity index (χ4v) is 5.31. The molecule has 44 heavy (non-hydrogen) atoms. The standard InChI is InChI=1S/C36H32N8/c1-5-15-25(16-6-1)31-39-32(26-17-7-2-8-18-26)42-35(41-31)37-29-23-13-14-24-30(29)38-36-43-33(27-19-9-3-10-20-27)40-34(44-36)28-21-11-4-12-22-28/h1-3,5-11,15-17,19-24,26H,4,12-14,18H2,(H,37,39,41,42)(H,38,40,43,44). The summed E-state index contributed by atoms with van der Waals surface area (Å²) in [4.78, 5) is 29.1. The van der Waals surface area contributed by atoms with Gasteiger partial charge in [0.1, 0.15) is 5.82 Å². The van der Waals surface area contributed by atoms with Crippen LogP contribution in [0.1, 0.15) is 49.7 Å². The van der Waals surface area contributed by atoms with Crippen molar-refractivity contribution in [3.63, 3.8) is 0 Å². The summed E-state index contributed by atoms with van der Waals surface area (Å²) < 4.78 is 0. The number of nitrogens with zero attached hydrogens (tertiary/aromatic N) is 6. The minimum Gasteiger partial charge on any atom is -0.323 e. The van der Waals surface area contributed by atoms with Crippen LogP contribution in [0.15, 0.2) is 127 Å². The second-order valence-electron chi connectivity index (χ2n) is 10.7. The van der Waals surface area contributed by atoms with Gasteiger partial charge in [-0.2, -0.15) is 19.9 Å². The van der Waals surface area contributed by atoms with Crippen LogP contribution in [0.5, 0.6) is 0 Å². The van der Waals surface area contributed by atoms with Crippen LogP contribution in [0.25, 0.3) is 28.3 Å². The number of hydrogen-bond donors (Lipinski definition) is 2. The van der Waals surface area contributed by atoms with Gasteiger partial charge in [-0.3, -0.25) is 0 Å². The van der Waals surface area contributed by atoms with Crippen molar-refractivity contribution < 1.29 is 0 Å². The van der Waals surface area contributed by atoms with Gasteiger partial charge >= 0.3 is 0 Å². The lowest BCUT2D eigenvalue weighted by atomic mass is 10.00. The van der Waals surface area contributed by atoms with Crippen LogP contribution in [-0.2, 0) is 0 Å². The van der Waals surface area contributed by atoms with E-state index in [4.69, 9.17) is 29.9 Å². The van der Waals surface area contributed by atoms with Crippen molar-refractivity contribution in [2.45, 2.75) is 38.0 Å². The molecular formula is C36H32N8. The number of hydrogen-bond acceptors (Lipinski definition) is 8. The van der Waals surface area contributed by atoms with Crippen LogP contribution in [-0.4, -0.2) is 29.9 Å². The van der Waals surface area contributed by atoms with E-state index in [9.17, 15) is 0 Å². The average Bonchev–Trinajstić information content (AvgIpc) is 3.10. The summed E-state index contributed by atoms with van der Waals surface area (Å²) in [6.07, 6.45) is 23.8. The van der Waals surface area contributed by atoms with Gasteiger partial charge in [0.25, 0.3) is 0 Å². The van der Waals surface area contributed by atoms with Crippen molar-refractivity contribution in [3.05, 3.63) is 138 Å². The molecule has 0 radical (unpaired) electrons. The molecule has 2 N–H and O–H groups in total. The van der Waals surface area contributed by atoms with Crippen molar-refractivity contribution in [3.8, 4) is 22.8 Å². The van der Waals surface area contributed by atoms with E-state index in [0.717, 1.165) is 66.0 Å². The maximum Gasteiger partial charge on any atom is 0.231 e. The normalized spacial score (nSPS) is 17.5. The molecule has 0 fully saturated rings. The maximum atomic E-state index is 4.88. The molecule has 0 aliphatic heterocycles. The molecule has 8 nitrogen and oxygen atoms in total. The molecule has 3 aliphatic rings. The predicted molar refractivity (Wildman–Crippen MR) is 175 cm³/mol. The monoisotopic (exact) mass is 576 g/mol. The van der Waals surface area contributed by atoms with E-state index in [1.807, 2.05) is 66.7 Å². The molecule has 3 aliphatic carbocycles. The third-order valence-electron chi connectivity index (χ3n) is 7.56. The number of allylic oxidation sites excluding steroid dienone is 10. The Kier molecular flexibility index (Phi) is 7.95. The first kappa shape index (κ1) is 27.3. The molecule has 2 heterocycles. The molecule has 216 valence electrons. The zero-order valence-corrected chi connectivity index (χ0v) is 24.3. The summed E-state index contributed by atoms with van der Waals surface area (Å²) in [5.74, 6) is 3.71. The highest BCUT2D eigenvalue weighted by Crippen LogP contribution is 2.28. The lowest BCUT2D eigenvalue weighted by Gasteiger charge is -2.20. The number of anilines is 2. The predicted octanol–water partition coefficient (Wildman–Crippen LogP) is 7.81. The van der Waals surface area contributed by atoms with Crippen molar-refractivity contribution in [1.82, 2.24) is 29.9 Å². The molecule has 1 unspecified atom stereocenters. The number of benzene rings is 2. The summed E-state index contributed by atoms with van der Waals surface area (Å²) in [7, 11) is 0. The SMILES string of the molecule is C1=CCC(c2nc(NC3=CCCC=C3Nc3nc(C4=CCCC=C4)nc(-c4ccccc4)n3)nc(-c3ccccc3)n2)C=C1. The molecule has 2 aromatic heterocycles. The van der Waals surface area contributed by atoms with Crippen molar-refractivity contribution in [1.29, 1.82) is 0 Å². The van der Waals surface area contributed by atoms with E-state index >= 15 is 0 Å². The number of nitrogens with one attached hydrogen (secondary N) is 2. The molecular weight excluding hydrogens is 544 g/mol. The quantitative estimate of drug-likeness (QED) is 0.219.